The zero-order valence-corrected chi connectivity index (χ0v) is 11.8. The molecule has 4 heteroatoms. The predicted octanol–water partition coefficient (Wildman–Crippen LogP) is 2.58. The van der Waals surface area contributed by atoms with Gasteiger partial charge in [-0.25, -0.2) is 4.79 Å². The van der Waals surface area contributed by atoms with E-state index in [1.807, 2.05) is 31.2 Å². The first-order valence-corrected chi connectivity index (χ1v) is 6.82. The average molecular weight is 283 g/mol. The first-order chi connectivity index (χ1) is 10.2. The highest BCUT2D eigenvalue weighted by Crippen LogP contribution is 2.13. The second-order valence-corrected chi connectivity index (χ2v) is 4.52. The van der Waals surface area contributed by atoms with Crippen molar-refractivity contribution in [1.29, 1.82) is 0 Å². The van der Waals surface area contributed by atoms with Gasteiger partial charge in [0, 0.05) is 5.56 Å². The molecular weight excluding hydrogens is 266 g/mol. The molecule has 0 bridgehead atoms. The van der Waals surface area contributed by atoms with Crippen molar-refractivity contribution in [2.45, 2.75) is 13.3 Å². The van der Waals surface area contributed by atoms with Gasteiger partial charge in [0.05, 0.1) is 0 Å². The van der Waals surface area contributed by atoms with Gasteiger partial charge in [0.15, 0.2) is 0 Å². The number of nitrogens with one attached hydrogen (secondary N) is 1. The van der Waals surface area contributed by atoms with Crippen LogP contribution in [0.5, 0.6) is 5.75 Å². The molecule has 1 amide bonds. The van der Waals surface area contributed by atoms with E-state index in [4.69, 9.17) is 4.74 Å². The van der Waals surface area contributed by atoms with E-state index >= 15 is 0 Å². The van der Waals surface area contributed by atoms with Crippen LogP contribution in [0, 0.1) is 0 Å². The molecule has 0 aliphatic carbocycles. The largest absolute Gasteiger partial charge is 0.425 e. The van der Waals surface area contributed by atoms with Gasteiger partial charge < -0.3 is 10.1 Å². The number of aryl methyl sites for hydroxylation is 1. The number of rotatable bonds is 5. The van der Waals surface area contributed by atoms with E-state index in [1.54, 1.807) is 30.3 Å². The maximum Gasteiger partial charge on any atom is 0.330 e. The summed E-state index contributed by atoms with van der Waals surface area (Å²) < 4.78 is 5.19. The van der Waals surface area contributed by atoms with Crippen LogP contribution in [0.25, 0.3) is 0 Å². The summed E-state index contributed by atoms with van der Waals surface area (Å²) in [6.07, 6.45) is 0.871. The maximum absolute atomic E-state index is 11.8. The molecule has 4 nitrogen and oxygen atoms in total. The lowest BCUT2D eigenvalue weighted by Gasteiger charge is -2.07. The molecule has 108 valence electrons. The van der Waals surface area contributed by atoms with Crippen LogP contribution in [0.15, 0.2) is 54.6 Å². The summed E-state index contributed by atoms with van der Waals surface area (Å²) in [5.74, 6) is -0.296. The monoisotopic (exact) mass is 283 g/mol. The van der Waals surface area contributed by atoms with Gasteiger partial charge in [0.2, 0.25) is 0 Å². The van der Waals surface area contributed by atoms with E-state index in [2.05, 4.69) is 5.32 Å². The van der Waals surface area contributed by atoms with Gasteiger partial charge in [0.1, 0.15) is 12.3 Å². The van der Waals surface area contributed by atoms with Crippen molar-refractivity contribution in [3.63, 3.8) is 0 Å². The fourth-order valence-corrected chi connectivity index (χ4v) is 1.84. The highest BCUT2D eigenvalue weighted by molar-refractivity contribution is 5.95. The Balaban J connectivity index is 1.86. The van der Waals surface area contributed by atoms with Crippen LogP contribution in [0.4, 0.5) is 0 Å². The Kier molecular flexibility index (Phi) is 5.10. The Bertz CT molecular complexity index is 623. The van der Waals surface area contributed by atoms with E-state index in [-0.39, 0.29) is 12.5 Å². The number of hydrogen-bond acceptors (Lipinski definition) is 3. The number of amides is 1. The Morgan fingerprint density at radius 2 is 1.81 bits per heavy atom. The summed E-state index contributed by atoms with van der Waals surface area (Å²) in [7, 11) is 0. The summed E-state index contributed by atoms with van der Waals surface area (Å²) in [6, 6.07) is 16.1. The van der Waals surface area contributed by atoms with Gasteiger partial charge in [-0.15, -0.1) is 0 Å². The van der Waals surface area contributed by atoms with Gasteiger partial charge in [-0.05, 0) is 36.2 Å². The molecule has 0 fully saturated rings. The Morgan fingerprint density at radius 3 is 2.52 bits per heavy atom. The molecule has 0 aliphatic rings. The highest BCUT2D eigenvalue weighted by Gasteiger charge is 2.09. The molecule has 21 heavy (non-hydrogen) atoms. The Morgan fingerprint density at radius 1 is 1.05 bits per heavy atom. The molecule has 0 saturated carbocycles. The second kappa shape index (κ2) is 7.24. The normalized spacial score (nSPS) is 9.95. The van der Waals surface area contributed by atoms with Gasteiger partial charge in [-0.3, -0.25) is 4.79 Å². The molecule has 0 saturated heterocycles. The SMILES string of the molecule is CCc1cccc(OC(=O)CNC(=O)c2ccccc2)c1. The van der Waals surface area contributed by atoms with Crippen LogP contribution < -0.4 is 10.1 Å². The Hall–Kier alpha value is -2.62. The van der Waals surface area contributed by atoms with Gasteiger partial charge >= 0.3 is 5.97 Å². The maximum atomic E-state index is 11.8. The zero-order chi connectivity index (χ0) is 15.1. The van der Waals surface area contributed by atoms with Crippen molar-refractivity contribution in [2.75, 3.05) is 6.54 Å². The van der Waals surface area contributed by atoms with Crippen molar-refractivity contribution in [3.8, 4) is 5.75 Å². The van der Waals surface area contributed by atoms with Crippen molar-refractivity contribution >= 4 is 11.9 Å². The molecule has 0 atom stereocenters. The van der Waals surface area contributed by atoms with E-state index in [9.17, 15) is 9.59 Å². The lowest BCUT2D eigenvalue weighted by atomic mass is 10.2. The summed E-state index contributed by atoms with van der Waals surface area (Å²) in [5.41, 5.74) is 1.60. The molecule has 1 N–H and O–H groups in total. The number of benzene rings is 2. The van der Waals surface area contributed by atoms with Crippen molar-refractivity contribution in [2.24, 2.45) is 0 Å². The first kappa shape index (κ1) is 14.8. The highest BCUT2D eigenvalue weighted by atomic mass is 16.5. The lowest BCUT2D eigenvalue weighted by Crippen LogP contribution is -2.31. The van der Waals surface area contributed by atoms with E-state index in [0.717, 1.165) is 12.0 Å². The van der Waals surface area contributed by atoms with Crippen LogP contribution in [0.3, 0.4) is 0 Å². The summed E-state index contributed by atoms with van der Waals surface area (Å²) >= 11 is 0. The second-order valence-electron chi connectivity index (χ2n) is 4.52. The molecule has 0 radical (unpaired) electrons. The predicted molar refractivity (Wildman–Crippen MR) is 80.2 cm³/mol. The molecule has 0 aliphatic heterocycles. The topological polar surface area (TPSA) is 55.4 Å². The summed E-state index contributed by atoms with van der Waals surface area (Å²) in [5, 5.41) is 2.53. The fourth-order valence-electron chi connectivity index (χ4n) is 1.84. The molecule has 0 aromatic heterocycles. The third-order valence-electron chi connectivity index (χ3n) is 2.97. The van der Waals surface area contributed by atoms with Crippen LogP contribution >= 0.6 is 0 Å². The molecule has 2 aromatic carbocycles. The smallest absolute Gasteiger partial charge is 0.330 e. The minimum atomic E-state index is -0.493. The number of carbonyl (C=O) groups is 2. The van der Waals surface area contributed by atoms with Crippen LogP contribution in [0.1, 0.15) is 22.8 Å². The van der Waals surface area contributed by atoms with Crippen LogP contribution in [-0.4, -0.2) is 18.4 Å². The van der Waals surface area contributed by atoms with Gasteiger partial charge in [-0.2, -0.15) is 0 Å². The van der Waals surface area contributed by atoms with E-state index in [1.165, 1.54) is 0 Å². The lowest BCUT2D eigenvalue weighted by molar-refractivity contribution is -0.133. The standard InChI is InChI=1S/C17H17NO3/c1-2-13-7-6-10-15(11-13)21-16(19)12-18-17(20)14-8-4-3-5-9-14/h3-11H,2,12H2,1H3,(H,18,20). The van der Waals surface area contributed by atoms with Gasteiger partial charge in [0.25, 0.3) is 5.91 Å². The quantitative estimate of drug-likeness (QED) is 0.678. The summed E-state index contributed by atoms with van der Waals surface area (Å²) in [4.78, 5) is 23.5. The van der Waals surface area contributed by atoms with Crippen molar-refractivity contribution in [3.05, 3.63) is 65.7 Å². The van der Waals surface area contributed by atoms with E-state index in [0.29, 0.717) is 11.3 Å². The molecule has 0 heterocycles. The molecule has 0 spiro atoms. The van der Waals surface area contributed by atoms with Crippen LogP contribution in [-0.2, 0) is 11.2 Å². The third kappa shape index (κ3) is 4.45. The average Bonchev–Trinajstić information content (AvgIpc) is 2.53. The van der Waals surface area contributed by atoms with Crippen molar-refractivity contribution < 1.29 is 14.3 Å². The molecular formula is C17H17NO3. The number of ether oxygens (including phenoxy) is 1. The number of esters is 1. The zero-order valence-electron chi connectivity index (χ0n) is 11.8. The molecule has 2 rings (SSSR count). The third-order valence-corrected chi connectivity index (χ3v) is 2.97. The summed E-state index contributed by atoms with van der Waals surface area (Å²) in [6.45, 7) is 1.87. The van der Waals surface area contributed by atoms with Crippen molar-refractivity contribution in [1.82, 2.24) is 5.32 Å². The minimum Gasteiger partial charge on any atom is -0.425 e. The number of hydrogen-bond donors (Lipinski definition) is 1. The van der Waals surface area contributed by atoms with E-state index < -0.39 is 5.97 Å². The number of carbonyl (C=O) groups excluding carboxylic acids is 2. The fraction of sp³-hybridized carbons (Fsp3) is 0.176. The first-order valence-electron chi connectivity index (χ1n) is 6.82. The molecule has 0 unspecified atom stereocenters. The molecule has 2 aromatic rings. The van der Waals surface area contributed by atoms with Crippen LogP contribution in [0.2, 0.25) is 0 Å². The Labute approximate surface area is 123 Å². The minimum absolute atomic E-state index is 0.163. The van der Waals surface area contributed by atoms with Gasteiger partial charge in [-0.1, -0.05) is 37.3 Å².